The molecule has 0 saturated heterocycles. The molecule has 1 aromatic heterocycles. The third-order valence-corrected chi connectivity index (χ3v) is 6.37. The van der Waals surface area contributed by atoms with Crippen LogP contribution < -0.4 is 22.4 Å². The van der Waals surface area contributed by atoms with Gasteiger partial charge >= 0.3 is 5.69 Å². The van der Waals surface area contributed by atoms with Crippen molar-refractivity contribution in [3.05, 3.63) is 88.7 Å². The zero-order valence-electron chi connectivity index (χ0n) is 22.5. The van der Waals surface area contributed by atoms with E-state index in [9.17, 15) is 25.1 Å². The summed E-state index contributed by atoms with van der Waals surface area (Å²) in [5, 5.41) is 41.3. The van der Waals surface area contributed by atoms with Crippen LogP contribution in [-0.4, -0.2) is 59.4 Å². The van der Waals surface area contributed by atoms with Crippen molar-refractivity contribution < 1.29 is 45.8 Å². The molecule has 4 aromatic carbocycles. The van der Waals surface area contributed by atoms with Gasteiger partial charge in [0.1, 0.15) is 17.1 Å². The van der Waals surface area contributed by atoms with Crippen molar-refractivity contribution >= 4 is 39.4 Å². The van der Waals surface area contributed by atoms with E-state index in [1.807, 2.05) is 45.4 Å². The van der Waals surface area contributed by atoms with Gasteiger partial charge in [-0.2, -0.15) is 5.10 Å². The van der Waals surface area contributed by atoms with Gasteiger partial charge in [0.2, 0.25) is 5.76 Å². The molecule has 10 nitrogen and oxygen atoms in total. The molecule has 0 fully saturated rings. The normalized spacial score (nSPS) is 11.6. The van der Waals surface area contributed by atoms with Crippen molar-refractivity contribution in [2.45, 2.75) is 0 Å². The standard InChI is InChI=1S/C30H26N4O6.BrH/c1-34(2,3)17-25(37)32-31-16-24-29(33(38)39)28(26-20-10-6-4-8-18(20)12-14-22(26)35)30(40-24)27-21-11-7-5-9-19(21)13-15-23(27)36;/h4-16H,17H2,1-3H3,(H2-,31,32,35,36,37);1H. The van der Waals surface area contributed by atoms with Gasteiger partial charge in [-0.25, -0.2) is 5.43 Å². The van der Waals surface area contributed by atoms with E-state index in [4.69, 9.17) is 4.42 Å². The highest BCUT2D eigenvalue weighted by atomic mass is 79.9. The molecule has 0 aliphatic rings. The highest BCUT2D eigenvalue weighted by Gasteiger charge is 2.35. The van der Waals surface area contributed by atoms with E-state index in [2.05, 4.69) is 10.5 Å². The molecule has 5 aromatic rings. The van der Waals surface area contributed by atoms with Crippen LogP contribution >= 0.6 is 0 Å². The summed E-state index contributed by atoms with van der Waals surface area (Å²) in [6.45, 7) is 0.127. The second-order valence-electron chi connectivity index (χ2n) is 10.4. The van der Waals surface area contributed by atoms with Crippen LogP contribution in [0, 0.1) is 10.1 Å². The predicted octanol–water partition coefficient (Wildman–Crippen LogP) is 2.40. The van der Waals surface area contributed by atoms with E-state index in [1.165, 1.54) is 12.1 Å². The Labute approximate surface area is 245 Å². The van der Waals surface area contributed by atoms with Gasteiger partial charge < -0.3 is 36.1 Å². The number of nitrogens with one attached hydrogen (secondary N) is 1. The van der Waals surface area contributed by atoms with Crippen molar-refractivity contribution in [3.8, 4) is 33.9 Å². The number of hydrogen-bond donors (Lipinski definition) is 3. The van der Waals surface area contributed by atoms with Gasteiger partial charge in [-0.15, -0.1) is 0 Å². The van der Waals surface area contributed by atoms with Gasteiger partial charge in [-0.3, -0.25) is 14.9 Å². The van der Waals surface area contributed by atoms with Gasteiger partial charge in [0.25, 0.3) is 5.91 Å². The summed E-state index contributed by atoms with van der Waals surface area (Å²) in [4.78, 5) is 24.3. The Morgan fingerprint density at radius 1 is 0.902 bits per heavy atom. The van der Waals surface area contributed by atoms with Crippen molar-refractivity contribution in [2.75, 3.05) is 27.7 Å². The first kappa shape index (κ1) is 29.2. The molecular formula is C30H27BrN4O6. The lowest BCUT2D eigenvalue weighted by molar-refractivity contribution is -0.862. The highest BCUT2D eigenvalue weighted by molar-refractivity contribution is 6.10. The number of quaternary nitrogens is 1. The Morgan fingerprint density at radius 2 is 1.44 bits per heavy atom. The SMILES string of the molecule is C[N+](C)(C)CC(=O)N/N=C/c1oc(-c2c(O)ccc3ccccc23)c(-c2c(O)ccc3ccccc23)c1[N+](=O)[O-].[Br-]. The lowest BCUT2D eigenvalue weighted by Crippen LogP contribution is -3.00. The third kappa shape index (κ3) is 5.76. The number of hydrogen-bond acceptors (Lipinski definition) is 7. The van der Waals surface area contributed by atoms with Crippen LogP contribution in [0.5, 0.6) is 11.5 Å². The van der Waals surface area contributed by atoms with Crippen LogP contribution in [0.3, 0.4) is 0 Å². The number of aromatic hydroxyl groups is 2. The highest BCUT2D eigenvalue weighted by Crippen LogP contribution is 2.51. The number of carbonyl (C=O) groups is 1. The number of phenols is 2. The van der Waals surface area contributed by atoms with Crippen LogP contribution in [0.15, 0.2) is 82.3 Å². The van der Waals surface area contributed by atoms with Crippen LogP contribution in [0.4, 0.5) is 5.69 Å². The Balaban J connectivity index is 0.00000387. The topological polar surface area (TPSA) is 138 Å². The minimum atomic E-state index is -0.624. The molecule has 0 spiro atoms. The lowest BCUT2D eigenvalue weighted by atomic mass is 9.92. The second-order valence-corrected chi connectivity index (χ2v) is 10.4. The zero-order chi connectivity index (χ0) is 28.6. The maximum Gasteiger partial charge on any atom is 0.324 e. The van der Waals surface area contributed by atoms with Crippen LogP contribution in [-0.2, 0) is 4.79 Å². The third-order valence-electron chi connectivity index (χ3n) is 6.37. The van der Waals surface area contributed by atoms with Crippen LogP contribution in [0.2, 0.25) is 0 Å². The monoisotopic (exact) mass is 618 g/mol. The quantitative estimate of drug-likeness (QED) is 0.111. The van der Waals surface area contributed by atoms with Crippen molar-refractivity contribution in [1.82, 2.24) is 5.43 Å². The van der Waals surface area contributed by atoms with E-state index >= 15 is 0 Å². The predicted molar refractivity (Wildman–Crippen MR) is 153 cm³/mol. The molecule has 0 saturated carbocycles. The lowest BCUT2D eigenvalue weighted by Gasteiger charge is -2.21. The first-order valence-corrected chi connectivity index (χ1v) is 12.4. The Morgan fingerprint density at radius 3 is 2.00 bits per heavy atom. The number of halogens is 1. The molecule has 0 bridgehead atoms. The Kier molecular flexibility index (Phi) is 8.13. The number of carbonyl (C=O) groups excluding carboxylic acids is 1. The van der Waals surface area contributed by atoms with E-state index in [-0.39, 0.29) is 63.2 Å². The molecule has 1 heterocycles. The summed E-state index contributed by atoms with van der Waals surface area (Å²) in [7, 11) is 5.52. The number of amides is 1. The molecule has 0 unspecified atom stereocenters. The second kappa shape index (κ2) is 11.4. The zero-order valence-corrected chi connectivity index (χ0v) is 24.0. The summed E-state index contributed by atoms with van der Waals surface area (Å²) < 4.78 is 6.46. The first-order chi connectivity index (χ1) is 19.0. The fourth-order valence-corrected chi connectivity index (χ4v) is 4.77. The smallest absolute Gasteiger partial charge is 0.324 e. The van der Waals surface area contributed by atoms with Gasteiger partial charge in [0, 0.05) is 5.56 Å². The molecule has 11 heteroatoms. The number of nitro groups is 1. The molecule has 0 atom stereocenters. The minimum Gasteiger partial charge on any atom is -1.00 e. The van der Waals surface area contributed by atoms with Gasteiger partial charge in [-0.05, 0) is 33.7 Å². The van der Waals surface area contributed by atoms with Gasteiger partial charge in [0.15, 0.2) is 12.3 Å². The molecular weight excluding hydrogens is 592 g/mol. The summed E-state index contributed by atoms with van der Waals surface area (Å²) in [6.07, 6.45) is 1.06. The Bertz CT molecular complexity index is 1820. The van der Waals surface area contributed by atoms with E-state index in [0.29, 0.717) is 15.3 Å². The number of hydrazone groups is 1. The van der Waals surface area contributed by atoms with E-state index in [0.717, 1.165) is 17.0 Å². The number of nitrogens with zero attached hydrogens (tertiary/aromatic N) is 3. The van der Waals surface area contributed by atoms with Crippen LogP contribution in [0.1, 0.15) is 5.76 Å². The molecule has 5 rings (SSSR count). The molecule has 0 aliphatic heterocycles. The molecule has 210 valence electrons. The largest absolute Gasteiger partial charge is 1.00 e. The number of phenolic OH excluding ortho intramolecular Hbond substituents is 2. The molecule has 0 radical (unpaired) electrons. The maximum atomic E-state index is 12.6. The van der Waals surface area contributed by atoms with Gasteiger partial charge in [0.05, 0.1) is 37.8 Å². The molecule has 3 N–H and O–H groups in total. The minimum absolute atomic E-state index is 0. The molecule has 1 amide bonds. The first-order valence-electron chi connectivity index (χ1n) is 12.4. The summed E-state index contributed by atoms with van der Waals surface area (Å²) >= 11 is 0. The number of likely N-dealkylation sites (N-methyl/N-ethyl adjacent to an activating group) is 1. The van der Waals surface area contributed by atoms with E-state index < -0.39 is 16.5 Å². The number of furan rings is 1. The summed E-state index contributed by atoms with van der Waals surface area (Å²) in [5.41, 5.74) is 2.27. The van der Waals surface area contributed by atoms with Crippen molar-refractivity contribution in [1.29, 1.82) is 0 Å². The molecule has 0 aliphatic carbocycles. The number of fused-ring (bicyclic) bond motifs is 2. The number of benzene rings is 4. The fraction of sp³-hybridized carbons (Fsp3) is 0.133. The van der Waals surface area contributed by atoms with Crippen molar-refractivity contribution in [2.24, 2.45) is 5.10 Å². The summed E-state index contributed by atoms with van der Waals surface area (Å²) in [5.74, 6) is -1.05. The van der Waals surface area contributed by atoms with Crippen molar-refractivity contribution in [3.63, 3.8) is 0 Å². The average Bonchev–Trinajstić information content (AvgIpc) is 3.26. The Hall–Kier alpha value is -4.74. The maximum absolute atomic E-state index is 12.6. The van der Waals surface area contributed by atoms with Gasteiger partial charge in [-0.1, -0.05) is 60.7 Å². The number of rotatable bonds is 7. The summed E-state index contributed by atoms with van der Waals surface area (Å²) in [6, 6.07) is 20.8. The van der Waals surface area contributed by atoms with Crippen LogP contribution in [0.25, 0.3) is 44.0 Å². The fourth-order valence-electron chi connectivity index (χ4n) is 4.77. The average molecular weight is 619 g/mol. The van der Waals surface area contributed by atoms with E-state index in [1.54, 1.807) is 36.4 Å². The molecule has 41 heavy (non-hydrogen) atoms.